The summed E-state index contributed by atoms with van der Waals surface area (Å²) in [7, 11) is 0. The molecule has 1 aromatic rings. The fraction of sp³-hybridized carbons (Fsp3) is 0.917. The molecule has 6 heteroatoms. The van der Waals surface area contributed by atoms with Gasteiger partial charge >= 0.3 is 0 Å². The minimum absolute atomic E-state index is 0.0479. The zero-order chi connectivity index (χ0) is 13.0. The molecule has 0 aliphatic carbocycles. The van der Waals surface area contributed by atoms with Crippen LogP contribution in [-0.4, -0.2) is 39.7 Å². The molecule has 0 radical (unpaired) electrons. The van der Waals surface area contributed by atoms with E-state index in [0.717, 1.165) is 25.3 Å². The van der Waals surface area contributed by atoms with Crippen molar-refractivity contribution in [3.8, 4) is 0 Å². The van der Waals surface area contributed by atoms with Crippen molar-refractivity contribution < 1.29 is 9.47 Å². The third kappa shape index (κ3) is 3.49. The molecule has 1 atom stereocenters. The highest BCUT2D eigenvalue weighted by Crippen LogP contribution is 2.18. The molecule has 0 bridgehead atoms. The van der Waals surface area contributed by atoms with Crippen LogP contribution in [0.25, 0.3) is 0 Å². The zero-order valence-corrected chi connectivity index (χ0v) is 11.4. The van der Waals surface area contributed by atoms with E-state index in [1.165, 1.54) is 6.42 Å². The first-order chi connectivity index (χ1) is 8.57. The molecule has 1 fully saturated rings. The second kappa shape index (κ2) is 5.75. The van der Waals surface area contributed by atoms with Gasteiger partial charge in [0.15, 0.2) is 12.1 Å². The lowest BCUT2D eigenvalue weighted by atomic mass is 9.96. The van der Waals surface area contributed by atoms with Gasteiger partial charge in [-0.05, 0) is 29.7 Å². The lowest BCUT2D eigenvalue weighted by Gasteiger charge is -2.23. The molecular formula is C12H22N4O2. The minimum Gasteiger partial charge on any atom is -0.353 e. The Balaban J connectivity index is 1.81. The first-order valence-electron chi connectivity index (χ1n) is 6.57. The van der Waals surface area contributed by atoms with Gasteiger partial charge in [-0.3, -0.25) is 0 Å². The number of tetrazole rings is 1. The minimum atomic E-state index is -0.0508. The molecule has 0 unspecified atom stereocenters. The molecule has 1 aliphatic heterocycles. The number of aromatic nitrogens is 4. The topological polar surface area (TPSA) is 62.1 Å². The van der Waals surface area contributed by atoms with E-state index in [1.807, 2.05) is 4.68 Å². The lowest BCUT2D eigenvalue weighted by Crippen LogP contribution is -2.26. The number of hydrogen-bond acceptors (Lipinski definition) is 5. The van der Waals surface area contributed by atoms with Crippen LogP contribution in [-0.2, 0) is 21.4 Å². The van der Waals surface area contributed by atoms with Gasteiger partial charge in [-0.1, -0.05) is 20.8 Å². The van der Waals surface area contributed by atoms with Crippen LogP contribution in [0.4, 0.5) is 0 Å². The zero-order valence-electron chi connectivity index (χ0n) is 11.4. The molecule has 0 aromatic carbocycles. The molecule has 2 rings (SSSR count). The number of ether oxygens (including phenoxy) is 2. The van der Waals surface area contributed by atoms with Gasteiger partial charge in [0.05, 0.1) is 13.2 Å². The maximum Gasteiger partial charge on any atom is 0.157 e. The molecule has 1 aliphatic rings. The van der Waals surface area contributed by atoms with Crippen molar-refractivity contribution in [3.63, 3.8) is 0 Å². The van der Waals surface area contributed by atoms with E-state index < -0.39 is 0 Å². The average molecular weight is 254 g/mol. The van der Waals surface area contributed by atoms with Crippen LogP contribution in [0, 0.1) is 0 Å². The molecule has 1 aromatic heterocycles. The quantitative estimate of drug-likeness (QED) is 0.815. The van der Waals surface area contributed by atoms with Crippen LogP contribution in [0.15, 0.2) is 0 Å². The van der Waals surface area contributed by atoms with Crippen molar-refractivity contribution in [2.45, 2.75) is 58.3 Å². The number of nitrogens with zero attached hydrogens (tertiary/aromatic N) is 4. The Bertz CT molecular complexity index is 366. The summed E-state index contributed by atoms with van der Waals surface area (Å²) in [5.74, 6) is 0.885. The van der Waals surface area contributed by atoms with Gasteiger partial charge in [-0.2, -0.15) is 0 Å². The Morgan fingerprint density at radius 1 is 1.39 bits per heavy atom. The van der Waals surface area contributed by atoms with Crippen molar-refractivity contribution >= 4 is 0 Å². The van der Waals surface area contributed by atoms with Gasteiger partial charge in [0, 0.05) is 12.0 Å². The molecule has 18 heavy (non-hydrogen) atoms. The summed E-state index contributed by atoms with van der Waals surface area (Å²) in [5, 5.41) is 11.8. The monoisotopic (exact) mass is 254 g/mol. The molecule has 1 saturated heterocycles. The van der Waals surface area contributed by atoms with E-state index in [2.05, 4.69) is 36.3 Å². The summed E-state index contributed by atoms with van der Waals surface area (Å²) in [6, 6.07) is 0. The van der Waals surface area contributed by atoms with Gasteiger partial charge in [-0.25, -0.2) is 4.68 Å². The summed E-state index contributed by atoms with van der Waals surface area (Å²) in [5.41, 5.74) is -0.0508. The normalized spacial score (nSPS) is 21.2. The smallest absolute Gasteiger partial charge is 0.157 e. The van der Waals surface area contributed by atoms with Gasteiger partial charge in [0.25, 0.3) is 0 Å². The Hall–Kier alpha value is -1.01. The SMILES string of the molecule is CC(C)(C)c1nnnn1CCO[C@H]1CCCCO1. The third-order valence-electron chi connectivity index (χ3n) is 2.95. The average Bonchev–Trinajstić information content (AvgIpc) is 2.78. The third-order valence-corrected chi connectivity index (χ3v) is 2.95. The van der Waals surface area contributed by atoms with E-state index in [9.17, 15) is 0 Å². The van der Waals surface area contributed by atoms with E-state index in [1.54, 1.807) is 0 Å². The van der Waals surface area contributed by atoms with Gasteiger partial charge in [0.1, 0.15) is 0 Å². The van der Waals surface area contributed by atoms with E-state index in [0.29, 0.717) is 13.2 Å². The highest BCUT2D eigenvalue weighted by atomic mass is 16.7. The van der Waals surface area contributed by atoms with Gasteiger partial charge in [-0.15, -0.1) is 5.10 Å². The predicted molar refractivity (Wildman–Crippen MR) is 66.1 cm³/mol. The highest BCUT2D eigenvalue weighted by Gasteiger charge is 2.22. The first kappa shape index (κ1) is 13.4. The van der Waals surface area contributed by atoms with Gasteiger partial charge < -0.3 is 9.47 Å². The predicted octanol–water partition coefficient (Wildman–Crippen LogP) is 1.51. The Kier molecular flexibility index (Phi) is 4.29. The molecular weight excluding hydrogens is 232 g/mol. The maximum absolute atomic E-state index is 5.69. The summed E-state index contributed by atoms with van der Waals surface area (Å²) < 4.78 is 13.0. The van der Waals surface area contributed by atoms with Crippen LogP contribution < -0.4 is 0 Å². The van der Waals surface area contributed by atoms with Crippen LogP contribution in [0.2, 0.25) is 0 Å². The highest BCUT2D eigenvalue weighted by molar-refractivity contribution is 4.98. The molecule has 0 N–H and O–H groups in total. The molecule has 0 saturated carbocycles. The van der Waals surface area contributed by atoms with Crippen LogP contribution in [0.1, 0.15) is 45.9 Å². The van der Waals surface area contributed by atoms with Crippen molar-refractivity contribution in [2.75, 3.05) is 13.2 Å². The molecule has 102 valence electrons. The summed E-state index contributed by atoms with van der Waals surface area (Å²) in [4.78, 5) is 0. The maximum atomic E-state index is 5.69. The second-order valence-electron chi connectivity index (χ2n) is 5.64. The van der Waals surface area contributed by atoms with Crippen molar-refractivity contribution in [1.82, 2.24) is 20.2 Å². The Morgan fingerprint density at radius 2 is 2.22 bits per heavy atom. The van der Waals surface area contributed by atoms with Crippen molar-refractivity contribution in [1.29, 1.82) is 0 Å². The fourth-order valence-corrected chi connectivity index (χ4v) is 2.01. The van der Waals surface area contributed by atoms with Crippen LogP contribution in [0.5, 0.6) is 0 Å². The Labute approximate surface area is 108 Å². The molecule has 2 heterocycles. The number of hydrogen-bond donors (Lipinski definition) is 0. The Morgan fingerprint density at radius 3 is 2.89 bits per heavy atom. The summed E-state index contributed by atoms with van der Waals surface area (Å²) in [6.07, 6.45) is 3.26. The molecule has 6 nitrogen and oxygen atoms in total. The van der Waals surface area contributed by atoms with Crippen LogP contribution in [0.3, 0.4) is 0 Å². The number of rotatable bonds is 4. The summed E-state index contributed by atoms with van der Waals surface area (Å²) in [6.45, 7) is 8.35. The van der Waals surface area contributed by atoms with Crippen LogP contribution >= 0.6 is 0 Å². The van der Waals surface area contributed by atoms with Gasteiger partial charge in [0.2, 0.25) is 0 Å². The van der Waals surface area contributed by atoms with Crippen molar-refractivity contribution in [2.24, 2.45) is 0 Å². The van der Waals surface area contributed by atoms with Crippen molar-refractivity contribution in [3.05, 3.63) is 5.82 Å². The molecule has 0 spiro atoms. The fourth-order valence-electron chi connectivity index (χ4n) is 2.01. The standard InChI is InChI=1S/C12H22N4O2/c1-12(2,3)11-13-14-15-16(11)7-9-18-10-6-4-5-8-17-10/h10H,4-9H2,1-3H3/t10-/m0/s1. The second-order valence-corrected chi connectivity index (χ2v) is 5.64. The first-order valence-corrected chi connectivity index (χ1v) is 6.57. The van der Waals surface area contributed by atoms with E-state index in [4.69, 9.17) is 9.47 Å². The summed E-state index contributed by atoms with van der Waals surface area (Å²) >= 11 is 0. The van der Waals surface area contributed by atoms with E-state index in [-0.39, 0.29) is 11.7 Å². The molecule has 0 amide bonds. The lowest BCUT2D eigenvalue weighted by molar-refractivity contribution is -0.164. The largest absolute Gasteiger partial charge is 0.353 e. The van der Waals surface area contributed by atoms with E-state index >= 15 is 0 Å².